The zero-order valence-corrected chi connectivity index (χ0v) is 9.74. The molecule has 88 valence electrons. The Bertz CT molecular complexity index is 204. The molecule has 2 rings (SSSR count). The van der Waals surface area contributed by atoms with E-state index in [1.165, 1.54) is 0 Å². The lowest BCUT2D eigenvalue weighted by molar-refractivity contribution is -0.0863. The fourth-order valence-corrected chi connectivity index (χ4v) is 2.85. The molecule has 2 aliphatic heterocycles. The number of aliphatic hydroxyl groups is 1. The Hall–Kier alpha value is -0.120. The molecule has 2 heterocycles. The molecule has 2 atom stereocenters. The van der Waals surface area contributed by atoms with E-state index < -0.39 is 5.60 Å². The van der Waals surface area contributed by atoms with Crippen molar-refractivity contribution in [2.24, 2.45) is 5.92 Å². The van der Waals surface area contributed by atoms with Crippen molar-refractivity contribution < 1.29 is 9.84 Å². The summed E-state index contributed by atoms with van der Waals surface area (Å²) in [5.41, 5.74) is -0.453. The average Bonchev–Trinajstić information content (AvgIpc) is 2.44. The molecule has 0 aliphatic carbocycles. The summed E-state index contributed by atoms with van der Waals surface area (Å²) in [5, 5.41) is 10.7. The molecule has 15 heavy (non-hydrogen) atoms. The van der Waals surface area contributed by atoms with Crippen LogP contribution in [0.15, 0.2) is 0 Å². The highest BCUT2D eigenvalue weighted by atomic mass is 16.5. The number of hydrogen-bond donors (Lipinski definition) is 1. The zero-order chi connectivity index (χ0) is 10.7. The normalized spacial score (nSPS) is 40.0. The van der Waals surface area contributed by atoms with Crippen molar-refractivity contribution in [1.82, 2.24) is 4.90 Å². The molecule has 0 bridgehead atoms. The second-order valence-electron chi connectivity index (χ2n) is 5.17. The smallest absolute Gasteiger partial charge is 0.0710 e. The summed E-state index contributed by atoms with van der Waals surface area (Å²) in [6, 6.07) is 0. The lowest BCUT2D eigenvalue weighted by Crippen LogP contribution is -2.43. The lowest BCUT2D eigenvalue weighted by atomic mass is 9.78. The first-order chi connectivity index (χ1) is 7.21. The van der Waals surface area contributed by atoms with Gasteiger partial charge in [-0.05, 0) is 45.7 Å². The minimum absolute atomic E-state index is 0.373. The molecule has 2 aliphatic rings. The first-order valence-corrected chi connectivity index (χ1v) is 6.19. The van der Waals surface area contributed by atoms with Crippen LogP contribution >= 0.6 is 0 Å². The quantitative estimate of drug-likeness (QED) is 0.712. The van der Waals surface area contributed by atoms with Crippen molar-refractivity contribution in [3.05, 3.63) is 0 Å². The summed E-state index contributed by atoms with van der Waals surface area (Å²) in [5.74, 6) is 0.373. The molecule has 0 amide bonds. The first-order valence-electron chi connectivity index (χ1n) is 6.19. The van der Waals surface area contributed by atoms with Crippen molar-refractivity contribution in [3.63, 3.8) is 0 Å². The molecule has 0 spiro atoms. The molecule has 2 fully saturated rings. The Morgan fingerprint density at radius 1 is 1.27 bits per heavy atom. The van der Waals surface area contributed by atoms with E-state index in [-0.39, 0.29) is 0 Å². The summed E-state index contributed by atoms with van der Waals surface area (Å²) >= 11 is 0. The highest BCUT2D eigenvalue weighted by molar-refractivity contribution is 4.90. The molecule has 0 aromatic heterocycles. The van der Waals surface area contributed by atoms with Crippen LogP contribution in [0.5, 0.6) is 0 Å². The summed E-state index contributed by atoms with van der Waals surface area (Å²) in [4.78, 5) is 2.32. The predicted molar refractivity (Wildman–Crippen MR) is 59.8 cm³/mol. The molecule has 3 heteroatoms. The molecular formula is C12H23NO2. The molecule has 0 radical (unpaired) electrons. The van der Waals surface area contributed by atoms with Gasteiger partial charge in [0, 0.05) is 19.1 Å². The fourth-order valence-electron chi connectivity index (χ4n) is 2.85. The van der Waals surface area contributed by atoms with E-state index in [0.29, 0.717) is 5.92 Å². The van der Waals surface area contributed by atoms with E-state index in [2.05, 4.69) is 11.9 Å². The van der Waals surface area contributed by atoms with Crippen molar-refractivity contribution in [2.45, 2.75) is 37.7 Å². The maximum Gasteiger partial charge on any atom is 0.0710 e. The van der Waals surface area contributed by atoms with Gasteiger partial charge in [-0.25, -0.2) is 0 Å². The van der Waals surface area contributed by atoms with Crippen LogP contribution in [0, 0.1) is 5.92 Å². The van der Waals surface area contributed by atoms with Gasteiger partial charge in [-0.1, -0.05) is 0 Å². The van der Waals surface area contributed by atoms with Gasteiger partial charge >= 0.3 is 0 Å². The number of nitrogens with zero attached hydrogens (tertiary/aromatic N) is 1. The Labute approximate surface area is 92.4 Å². The van der Waals surface area contributed by atoms with E-state index >= 15 is 0 Å². The Morgan fingerprint density at radius 3 is 2.87 bits per heavy atom. The highest BCUT2D eigenvalue weighted by Crippen LogP contribution is 2.34. The zero-order valence-electron chi connectivity index (χ0n) is 9.74. The molecule has 0 aromatic rings. The maximum absolute atomic E-state index is 10.7. The third kappa shape index (κ3) is 2.71. The summed E-state index contributed by atoms with van der Waals surface area (Å²) < 4.78 is 5.49. The Morgan fingerprint density at radius 2 is 2.13 bits per heavy atom. The molecule has 2 saturated heterocycles. The Balaban J connectivity index is 1.97. The van der Waals surface area contributed by atoms with E-state index in [0.717, 1.165) is 58.4 Å². The van der Waals surface area contributed by atoms with E-state index in [9.17, 15) is 5.11 Å². The van der Waals surface area contributed by atoms with Gasteiger partial charge in [-0.3, -0.25) is 0 Å². The van der Waals surface area contributed by atoms with Crippen LogP contribution in [0.2, 0.25) is 0 Å². The van der Waals surface area contributed by atoms with Crippen molar-refractivity contribution in [2.75, 3.05) is 33.4 Å². The Kier molecular flexibility index (Phi) is 3.65. The standard InChI is InChI=1S/C12H23NO2/c1-13-7-3-5-12(14,6-8-13)11-4-2-9-15-10-11/h11,14H,2-10H2,1H3. The molecule has 2 unspecified atom stereocenters. The van der Waals surface area contributed by atoms with Gasteiger partial charge in [0.25, 0.3) is 0 Å². The predicted octanol–water partition coefficient (Wildman–Crippen LogP) is 1.26. The van der Waals surface area contributed by atoms with Crippen LogP contribution in [-0.2, 0) is 4.74 Å². The fraction of sp³-hybridized carbons (Fsp3) is 1.00. The van der Waals surface area contributed by atoms with E-state index in [1.54, 1.807) is 0 Å². The van der Waals surface area contributed by atoms with Gasteiger partial charge in [0.1, 0.15) is 0 Å². The summed E-state index contributed by atoms with van der Waals surface area (Å²) in [6.07, 6.45) is 5.23. The van der Waals surface area contributed by atoms with Crippen LogP contribution < -0.4 is 0 Å². The number of ether oxygens (including phenoxy) is 1. The second-order valence-corrected chi connectivity index (χ2v) is 5.17. The van der Waals surface area contributed by atoms with Crippen LogP contribution in [0.4, 0.5) is 0 Å². The van der Waals surface area contributed by atoms with Gasteiger partial charge in [0.15, 0.2) is 0 Å². The largest absolute Gasteiger partial charge is 0.389 e. The van der Waals surface area contributed by atoms with Gasteiger partial charge in [0.2, 0.25) is 0 Å². The molecule has 1 N–H and O–H groups in total. The van der Waals surface area contributed by atoms with Crippen molar-refractivity contribution >= 4 is 0 Å². The minimum Gasteiger partial charge on any atom is -0.389 e. The minimum atomic E-state index is -0.453. The van der Waals surface area contributed by atoms with E-state index in [1.807, 2.05) is 0 Å². The maximum atomic E-state index is 10.7. The monoisotopic (exact) mass is 213 g/mol. The van der Waals surface area contributed by atoms with E-state index in [4.69, 9.17) is 4.74 Å². The lowest BCUT2D eigenvalue weighted by Gasteiger charge is -2.37. The SMILES string of the molecule is CN1CCCC(O)(C2CCCOC2)CC1. The number of likely N-dealkylation sites (tertiary alicyclic amines) is 1. The summed E-state index contributed by atoms with van der Waals surface area (Å²) in [6.45, 7) is 3.79. The molecular weight excluding hydrogens is 190 g/mol. The molecule has 0 saturated carbocycles. The first kappa shape index (κ1) is 11.4. The van der Waals surface area contributed by atoms with Crippen molar-refractivity contribution in [1.29, 1.82) is 0 Å². The molecule has 0 aromatic carbocycles. The summed E-state index contributed by atoms with van der Waals surface area (Å²) in [7, 11) is 2.14. The van der Waals surface area contributed by atoms with Crippen molar-refractivity contribution in [3.8, 4) is 0 Å². The number of rotatable bonds is 1. The highest BCUT2D eigenvalue weighted by Gasteiger charge is 2.38. The van der Waals surface area contributed by atoms with Crippen LogP contribution in [0.1, 0.15) is 32.1 Å². The van der Waals surface area contributed by atoms with Gasteiger partial charge in [-0.2, -0.15) is 0 Å². The topological polar surface area (TPSA) is 32.7 Å². The van der Waals surface area contributed by atoms with Crippen LogP contribution in [0.3, 0.4) is 0 Å². The molecule has 3 nitrogen and oxygen atoms in total. The van der Waals surface area contributed by atoms with Crippen LogP contribution in [-0.4, -0.2) is 49.0 Å². The third-order valence-corrected chi connectivity index (χ3v) is 4.00. The van der Waals surface area contributed by atoms with Gasteiger partial charge in [0.05, 0.1) is 12.2 Å². The van der Waals surface area contributed by atoms with Crippen LogP contribution in [0.25, 0.3) is 0 Å². The van der Waals surface area contributed by atoms with Gasteiger partial charge < -0.3 is 14.7 Å². The second kappa shape index (κ2) is 4.81. The number of hydrogen-bond acceptors (Lipinski definition) is 3. The third-order valence-electron chi connectivity index (χ3n) is 4.00. The average molecular weight is 213 g/mol. The van der Waals surface area contributed by atoms with Gasteiger partial charge in [-0.15, -0.1) is 0 Å².